The zero-order valence-corrected chi connectivity index (χ0v) is 21.6. The van der Waals surface area contributed by atoms with Gasteiger partial charge in [-0.15, -0.1) is 0 Å². The van der Waals surface area contributed by atoms with Crippen LogP contribution in [-0.2, 0) is 9.59 Å². The maximum atomic E-state index is 13.4. The van der Waals surface area contributed by atoms with Crippen molar-refractivity contribution in [2.24, 2.45) is 10.5 Å². The zero-order chi connectivity index (χ0) is 25.8. The van der Waals surface area contributed by atoms with Crippen molar-refractivity contribution in [1.29, 1.82) is 0 Å². The quantitative estimate of drug-likeness (QED) is 0.562. The molecule has 2 aromatic carbocycles. The van der Waals surface area contributed by atoms with Crippen molar-refractivity contribution in [1.82, 2.24) is 9.91 Å². The van der Waals surface area contributed by atoms with Crippen molar-refractivity contribution in [3.8, 4) is 17.2 Å². The molecule has 1 aliphatic rings. The van der Waals surface area contributed by atoms with Crippen molar-refractivity contribution in [3.63, 3.8) is 0 Å². The van der Waals surface area contributed by atoms with Crippen molar-refractivity contribution in [2.75, 3.05) is 34.9 Å². The minimum atomic E-state index is -0.342. The van der Waals surface area contributed by atoms with E-state index in [4.69, 9.17) is 19.3 Å². The number of hydrogen-bond donors (Lipinski definition) is 0. The number of carbonyl (C=O) groups is 2. The molecule has 0 unspecified atom stereocenters. The van der Waals surface area contributed by atoms with Crippen LogP contribution in [0.1, 0.15) is 50.8 Å². The average molecular weight is 482 g/mol. The molecular weight excluding hydrogens is 446 g/mol. The van der Waals surface area contributed by atoms with E-state index in [-0.39, 0.29) is 29.8 Å². The van der Waals surface area contributed by atoms with E-state index in [0.717, 1.165) is 22.6 Å². The first-order chi connectivity index (χ1) is 16.6. The minimum Gasteiger partial charge on any atom is -0.497 e. The van der Waals surface area contributed by atoms with E-state index >= 15 is 0 Å². The highest BCUT2D eigenvalue weighted by Gasteiger charge is 2.34. The van der Waals surface area contributed by atoms with E-state index in [1.54, 1.807) is 28.4 Å². The van der Waals surface area contributed by atoms with Crippen molar-refractivity contribution < 1.29 is 23.8 Å². The van der Waals surface area contributed by atoms with Gasteiger partial charge in [-0.05, 0) is 52.9 Å². The molecule has 0 spiro atoms. The summed E-state index contributed by atoms with van der Waals surface area (Å²) in [6, 6.07) is 12.8. The number of hydrogen-bond acceptors (Lipinski definition) is 6. The first kappa shape index (κ1) is 26.1. The predicted molar refractivity (Wildman–Crippen MR) is 135 cm³/mol. The summed E-state index contributed by atoms with van der Waals surface area (Å²) in [6.45, 7) is 5.94. The zero-order valence-electron chi connectivity index (χ0n) is 21.6. The second-order valence-electron chi connectivity index (χ2n) is 9.84. The molecule has 0 bridgehead atoms. The molecule has 0 N–H and O–H groups in total. The van der Waals surface area contributed by atoms with Gasteiger partial charge in [0.1, 0.15) is 12.3 Å². The Labute approximate surface area is 207 Å². The molecule has 1 aliphatic heterocycles. The van der Waals surface area contributed by atoms with E-state index in [0.29, 0.717) is 24.3 Å². The Morgan fingerprint density at radius 2 is 1.66 bits per heavy atom. The van der Waals surface area contributed by atoms with Crippen LogP contribution in [0.2, 0.25) is 0 Å². The summed E-state index contributed by atoms with van der Waals surface area (Å²) < 4.78 is 16.1. The summed E-state index contributed by atoms with van der Waals surface area (Å²) in [5.41, 5.74) is 2.39. The predicted octanol–water partition coefficient (Wildman–Crippen LogP) is 4.28. The summed E-state index contributed by atoms with van der Waals surface area (Å²) in [7, 11) is 6.43. The molecule has 0 aromatic heterocycles. The smallest absolute Gasteiger partial charge is 0.262 e. The molecule has 188 valence electrons. The molecule has 2 aromatic rings. The van der Waals surface area contributed by atoms with Gasteiger partial charge in [0.2, 0.25) is 5.91 Å². The van der Waals surface area contributed by atoms with E-state index < -0.39 is 0 Å². The van der Waals surface area contributed by atoms with Crippen LogP contribution in [0.5, 0.6) is 17.2 Å². The van der Waals surface area contributed by atoms with Gasteiger partial charge in [0.15, 0.2) is 11.5 Å². The third-order valence-corrected chi connectivity index (χ3v) is 5.86. The highest BCUT2D eigenvalue weighted by Crippen LogP contribution is 2.37. The third kappa shape index (κ3) is 6.32. The lowest BCUT2D eigenvalue weighted by atomic mass is 9.92. The number of carbonyl (C=O) groups excluding carboxylic acids is 2. The molecule has 0 radical (unpaired) electrons. The number of rotatable bonds is 8. The SMILES string of the molecule is COc1ccc(C2=NN(C(=O)CN(C)C(=O)CC(C)(C)C)[C@@H](c3ccc(OC)c(OC)c3)C2)cc1. The minimum absolute atomic E-state index is 0.0574. The van der Waals surface area contributed by atoms with E-state index in [1.165, 1.54) is 9.91 Å². The first-order valence-corrected chi connectivity index (χ1v) is 11.6. The molecule has 0 aliphatic carbocycles. The highest BCUT2D eigenvalue weighted by atomic mass is 16.5. The third-order valence-electron chi connectivity index (χ3n) is 5.86. The average Bonchev–Trinajstić information content (AvgIpc) is 3.28. The van der Waals surface area contributed by atoms with Crippen molar-refractivity contribution >= 4 is 17.5 Å². The molecule has 0 saturated carbocycles. The summed E-state index contributed by atoms with van der Waals surface area (Å²) in [6.07, 6.45) is 0.878. The van der Waals surface area contributed by atoms with Crippen molar-refractivity contribution in [3.05, 3.63) is 53.6 Å². The fourth-order valence-corrected chi connectivity index (χ4v) is 3.97. The lowest BCUT2D eigenvalue weighted by molar-refractivity contribution is -0.141. The summed E-state index contributed by atoms with van der Waals surface area (Å²) in [5, 5.41) is 6.19. The Morgan fingerprint density at radius 1 is 1.00 bits per heavy atom. The Kier molecular flexibility index (Phi) is 8.04. The van der Waals surface area contributed by atoms with Gasteiger partial charge >= 0.3 is 0 Å². The lowest BCUT2D eigenvalue weighted by Crippen LogP contribution is -2.40. The van der Waals surface area contributed by atoms with E-state index in [1.807, 2.05) is 63.2 Å². The van der Waals surface area contributed by atoms with E-state index in [2.05, 4.69) is 0 Å². The van der Waals surface area contributed by atoms with Crippen LogP contribution in [-0.4, -0.2) is 62.4 Å². The molecule has 2 amide bonds. The number of amides is 2. The normalized spacial score (nSPS) is 15.5. The molecule has 1 atom stereocenters. The fraction of sp³-hybridized carbons (Fsp3) is 0.444. The van der Waals surface area contributed by atoms with Crippen LogP contribution in [0.4, 0.5) is 0 Å². The van der Waals surface area contributed by atoms with Crippen molar-refractivity contribution in [2.45, 2.75) is 39.7 Å². The maximum Gasteiger partial charge on any atom is 0.262 e. The molecular formula is C27H35N3O5. The van der Waals surface area contributed by atoms with Crippen LogP contribution in [0.15, 0.2) is 47.6 Å². The molecule has 0 fully saturated rings. The number of methoxy groups -OCH3 is 3. The lowest BCUT2D eigenvalue weighted by Gasteiger charge is -2.27. The summed E-state index contributed by atoms with van der Waals surface area (Å²) >= 11 is 0. The van der Waals surface area contributed by atoms with Crippen LogP contribution in [0.25, 0.3) is 0 Å². The Hall–Kier alpha value is -3.55. The monoisotopic (exact) mass is 481 g/mol. The van der Waals surface area contributed by atoms with Crippen LogP contribution in [0, 0.1) is 5.41 Å². The van der Waals surface area contributed by atoms with E-state index in [9.17, 15) is 9.59 Å². The Balaban J connectivity index is 1.91. The number of ether oxygens (including phenoxy) is 3. The summed E-state index contributed by atoms with van der Waals surface area (Å²) in [5.74, 6) is 1.60. The second kappa shape index (κ2) is 10.8. The van der Waals surface area contributed by atoms with Gasteiger partial charge in [0, 0.05) is 19.9 Å². The number of hydrazone groups is 1. The molecule has 3 rings (SSSR count). The molecule has 1 heterocycles. The second-order valence-corrected chi connectivity index (χ2v) is 9.84. The van der Waals surface area contributed by atoms with Gasteiger partial charge in [-0.25, -0.2) is 5.01 Å². The van der Waals surface area contributed by atoms with Gasteiger partial charge < -0.3 is 19.1 Å². The van der Waals surface area contributed by atoms with Gasteiger partial charge in [-0.1, -0.05) is 26.8 Å². The van der Waals surface area contributed by atoms with Crippen LogP contribution in [0.3, 0.4) is 0 Å². The summed E-state index contributed by atoms with van der Waals surface area (Å²) in [4.78, 5) is 27.5. The molecule has 8 nitrogen and oxygen atoms in total. The van der Waals surface area contributed by atoms with Gasteiger partial charge in [-0.2, -0.15) is 5.10 Å². The fourth-order valence-electron chi connectivity index (χ4n) is 3.97. The Morgan fingerprint density at radius 3 is 2.23 bits per heavy atom. The highest BCUT2D eigenvalue weighted by molar-refractivity contribution is 6.03. The Bertz CT molecular complexity index is 1090. The molecule has 0 saturated heterocycles. The van der Waals surface area contributed by atoms with Gasteiger partial charge in [0.05, 0.1) is 33.1 Å². The topological polar surface area (TPSA) is 80.7 Å². The maximum absolute atomic E-state index is 13.4. The van der Waals surface area contributed by atoms with Crippen LogP contribution >= 0.6 is 0 Å². The van der Waals surface area contributed by atoms with Gasteiger partial charge in [-0.3, -0.25) is 9.59 Å². The molecule has 35 heavy (non-hydrogen) atoms. The number of nitrogens with zero attached hydrogens (tertiary/aromatic N) is 3. The molecule has 8 heteroatoms. The number of benzene rings is 2. The van der Waals surface area contributed by atoms with Crippen LogP contribution < -0.4 is 14.2 Å². The van der Waals surface area contributed by atoms with Gasteiger partial charge in [0.25, 0.3) is 5.91 Å². The largest absolute Gasteiger partial charge is 0.497 e. The number of likely N-dealkylation sites (N-methyl/N-ethyl adjacent to an activating group) is 1. The first-order valence-electron chi connectivity index (χ1n) is 11.6. The standard InChI is InChI=1S/C27H35N3O5/c1-27(2,3)16-25(31)29(4)17-26(32)30-22(19-10-13-23(34-6)24(14-19)35-7)15-21(28-30)18-8-11-20(33-5)12-9-18/h8-14,22H,15-17H2,1-7H3/t22-/m1/s1.